The lowest BCUT2D eigenvalue weighted by Gasteiger charge is -2.29. The van der Waals surface area contributed by atoms with Gasteiger partial charge in [-0.15, -0.1) is 0 Å². The van der Waals surface area contributed by atoms with Crippen LogP contribution in [0, 0.1) is 0 Å². The molecule has 3 aliphatic rings. The molecule has 8 heteroatoms. The van der Waals surface area contributed by atoms with E-state index >= 15 is 0 Å². The highest BCUT2D eigenvalue weighted by molar-refractivity contribution is 14.1. The standard InChI is InChI=1S/C15H14INO6/c1-21-10-6-9(18)12-13(22-12)15(10)7-8(14(20)23-15)17-11(19)4-2-3-5-16/h2-6,8,12-13H,7H2,1H3,(H,17,19)/b4-2+,5-3+/t8-,12-,13-,15+/m0/s1. The first-order chi connectivity index (χ1) is 11.0. The number of carbonyl (C=O) groups excluding carboxylic acids is 3. The predicted molar refractivity (Wildman–Crippen MR) is 86.4 cm³/mol. The van der Waals surface area contributed by atoms with Crippen LogP contribution >= 0.6 is 22.6 Å². The van der Waals surface area contributed by atoms with Crippen LogP contribution in [0.1, 0.15) is 6.42 Å². The molecule has 1 amide bonds. The molecular formula is C15H14INO6. The van der Waals surface area contributed by atoms with Crippen LogP contribution < -0.4 is 5.32 Å². The van der Waals surface area contributed by atoms with Crippen LogP contribution in [0.3, 0.4) is 0 Å². The van der Waals surface area contributed by atoms with Crippen molar-refractivity contribution in [3.8, 4) is 0 Å². The molecule has 0 bridgehead atoms. The molecule has 0 radical (unpaired) electrons. The van der Waals surface area contributed by atoms with Crippen molar-refractivity contribution in [3.05, 3.63) is 34.1 Å². The van der Waals surface area contributed by atoms with Crippen LogP contribution in [0.15, 0.2) is 34.1 Å². The van der Waals surface area contributed by atoms with E-state index in [-0.39, 0.29) is 18.0 Å². The Labute approximate surface area is 145 Å². The van der Waals surface area contributed by atoms with E-state index in [9.17, 15) is 14.4 Å². The maximum absolute atomic E-state index is 12.1. The molecular weight excluding hydrogens is 417 g/mol. The van der Waals surface area contributed by atoms with Gasteiger partial charge < -0.3 is 19.5 Å². The monoisotopic (exact) mass is 431 g/mol. The maximum Gasteiger partial charge on any atom is 0.329 e. The van der Waals surface area contributed by atoms with Gasteiger partial charge in [0, 0.05) is 18.6 Å². The van der Waals surface area contributed by atoms with Crippen molar-refractivity contribution in [3.63, 3.8) is 0 Å². The number of hydrogen-bond acceptors (Lipinski definition) is 6. The summed E-state index contributed by atoms with van der Waals surface area (Å²) in [5.74, 6) is -0.909. The van der Waals surface area contributed by atoms with E-state index in [0.29, 0.717) is 0 Å². The Kier molecular flexibility index (Phi) is 4.28. The summed E-state index contributed by atoms with van der Waals surface area (Å²) in [6, 6.07) is -0.813. The molecule has 0 aromatic rings. The average molecular weight is 431 g/mol. The number of methoxy groups -OCH3 is 1. The van der Waals surface area contributed by atoms with E-state index in [1.54, 1.807) is 16.2 Å². The van der Waals surface area contributed by atoms with Crippen molar-refractivity contribution in [2.45, 2.75) is 30.3 Å². The van der Waals surface area contributed by atoms with Gasteiger partial charge in [-0.05, 0) is 4.08 Å². The molecule has 2 fully saturated rings. The Morgan fingerprint density at radius 1 is 1.48 bits per heavy atom. The third-order valence-electron chi connectivity index (χ3n) is 3.96. The average Bonchev–Trinajstić information content (AvgIpc) is 3.26. The van der Waals surface area contributed by atoms with Gasteiger partial charge in [-0.25, -0.2) is 4.79 Å². The Balaban J connectivity index is 1.76. The van der Waals surface area contributed by atoms with Crippen LogP contribution in [0.5, 0.6) is 0 Å². The van der Waals surface area contributed by atoms with Gasteiger partial charge in [0.15, 0.2) is 11.9 Å². The Hall–Kier alpha value is -1.68. The molecule has 4 atom stereocenters. The summed E-state index contributed by atoms with van der Waals surface area (Å²) in [4.78, 5) is 35.7. The molecule has 2 saturated heterocycles. The molecule has 1 N–H and O–H groups in total. The number of amides is 1. The van der Waals surface area contributed by atoms with Crippen molar-refractivity contribution >= 4 is 40.3 Å². The van der Waals surface area contributed by atoms with E-state index in [2.05, 4.69) is 5.32 Å². The first-order valence-corrected chi connectivity index (χ1v) is 8.18. The molecule has 0 aromatic carbocycles. The predicted octanol–water partition coefficient (Wildman–Crippen LogP) is 0.542. The normalized spacial score (nSPS) is 35.4. The summed E-state index contributed by atoms with van der Waals surface area (Å²) in [7, 11) is 1.41. The Bertz CT molecular complexity index is 654. The van der Waals surface area contributed by atoms with Gasteiger partial charge in [-0.1, -0.05) is 34.7 Å². The van der Waals surface area contributed by atoms with Crippen molar-refractivity contribution in [2.24, 2.45) is 0 Å². The molecule has 3 rings (SSSR count). The van der Waals surface area contributed by atoms with E-state index < -0.39 is 35.7 Å². The zero-order valence-electron chi connectivity index (χ0n) is 12.2. The molecule has 1 aliphatic carbocycles. The second kappa shape index (κ2) is 6.08. The first-order valence-electron chi connectivity index (χ1n) is 6.94. The minimum Gasteiger partial charge on any atom is -0.497 e. The third-order valence-corrected chi connectivity index (χ3v) is 4.38. The van der Waals surface area contributed by atoms with Crippen molar-refractivity contribution in [1.29, 1.82) is 0 Å². The lowest BCUT2D eigenvalue weighted by Crippen LogP contribution is -2.44. The number of fused-ring (bicyclic) bond motifs is 2. The van der Waals surface area contributed by atoms with Crippen LogP contribution in [-0.4, -0.2) is 48.6 Å². The number of allylic oxidation sites excluding steroid dienone is 2. The molecule has 122 valence electrons. The van der Waals surface area contributed by atoms with Crippen LogP contribution in [0.25, 0.3) is 0 Å². The van der Waals surface area contributed by atoms with Gasteiger partial charge in [-0.2, -0.15) is 0 Å². The lowest BCUT2D eigenvalue weighted by atomic mass is 9.85. The zero-order chi connectivity index (χ0) is 16.6. The van der Waals surface area contributed by atoms with Gasteiger partial charge in [0.25, 0.3) is 0 Å². The summed E-state index contributed by atoms with van der Waals surface area (Å²) in [6.07, 6.45) is 4.91. The largest absolute Gasteiger partial charge is 0.497 e. The number of rotatable bonds is 4. The number of ketones is 1. The number of halogens is 1. The quantitative estimate of drug-likeness (QED) is 0.230. The van der Waals surface area contributed by atoms with Gasteiger partial charge in [0.05, 0.1) is 7.11 Å². The molecule has 0 unspecified atom stereocenters. The van der Waals surface area contributed by atoms with Crippen molar-refractivity contribution < 1.29 is 28.6 Å². The second-order valence-electron chi connectivity index (χ2n) is 5.35. The minimum atomic E-state index is -1.13. The summed E-state index contributed by atoms with van der Waals surface area (Å²) in [5.41, 5.74) is -1.13. The number of esters is 1. The number of epoxide rings is 1. The highest BCUT2D eigenvalue weighted by atomic mass is 127. The van der Waals surface area contributed by atoms with E-state index in [0.717, 1.165) is 0 Å². The number of carbonyl (C=O) groups is 3. The summed E-state index contributed by atoms with van der Waals surface area (Å²) >= 11 is 2.03. The summed E-state index contributed by atoms with van der Waals surface area (Å²) in [6.45, 7) is 0. The molecule has 2 heterocycles. The smallest absolute Gasteiger partial charge is 0.329 e. The summed E-state index contributed by atoms with van der Waals surface area (Å²) < 4.78 is 17.8. The fourth-order valence-electron chi connectivity index (χ4n) is 2.91. The second-order valence-corrected chi connectivity index (χ2v) is 6.06. The SMILES string of the molecule is COC1=CC(=O)[C@@H]2O[C@@H]2[C@@]12C[C@H](NC(=O)/C=C/C=C/I)C(=O)O2. The molecule has 23 heavy (non-hydrogen) atoms. The fourth-order valence-corrected chi connectivity index (χ4v) is 3.15. The highest BCUT2D eigenvalue weighted by Crippen LogP contribution is 2.49. The fraction of sp³-hybridized carbons (Fsp3) is 0.400. The zero-order valence-corrected chi connectivity index (χ0v) is 14.3. The van der Waals surface area contributed by atoms with E-state index in [1.807, 2.05) is 22.6 Å². The van der Waals surface area contributed by atoms with E-state index in [1.165, 1.54) is 19.3 Å². The van der Waals surface area contributed by atoms with Crippen LogP contribution in [0.2, 0.25) is 0 Å². The molecule has 0 saturated carbocycles. The Morgan fingerprint density at radius 2 is 2.26 bits per heavy atom. The van der Waals surface area contributed by atoms with Gasteiger partial charge in [-0.3, -0.25) is 9.59 Å². The third kappa shape index (κ3) is 2.80. The topological polar surface area (TPSA) is 94.2 Å². The first kappa shape index (κ1) is 16.2. The van der Waals surface area contributed by atoms with Crippen LogP contribution in [0.4, 0.5) is 0 Å². The highest BCUT2D eigenvalue weighted by Gasteiger charge is 2.69. The molecule has 0 aromatic heterocycles. The lowest BCUT2D eigenvalue weighted by molar-refractivity contribution is -0.151. The minimum absolute atomic E-state index is 0.168. The molecule has 2 aliphatic heterocycles. The number of nitrogens with one attached hydrogen (secondary N) is 1. The summed E-state index contributed by atoms with van der Waals surface area (Å²) in [5, 5.41) is 2.59. The van der Waals surface area contributed by atoms with Gasteiger partial charge in [0.2, 0.25) is 11.5 Å². The van der Waals surface area contributed by atoms with Crippen LogP contribution in [-0.2, 0) is 28.6 Å². The number of ether oxygens (including phenoxy) is 3. The van der Waals surface area contributed by atoms with Gasteiger partial charge >= 0.3 is 5.97 Å². The number of hydrogen-bond donors (Lipinski definition) is 1. The maximum atomic E-state index is 12.1. The molecule has 7 nitrogen and oxygen atoms in total. The van der Waals surface area contributed by atoms with Gasteiger partial charge in [0.1, 0.15) is 17.9 Å². The molecule has 1 spiro atoms. The van der Waals surface area contributed by atoms with Crippen molar-refractivity contribution in [2.75, 3.05) is 7.11 Å². The van der Waals surface area contributed by atoms with E-state index in [4.69, 9.17) is 14.2 Å². The van der Waals surface area contributed by atoms with Crippen molar-refractivity contribution in [1.82, 2.24) is 5.32 Å². The Morgan fingerprint density at radius 3 is 2.96 bits per heavy atom.